The highest BCUT2D eigenvalue weighted by Gasteiger charge is 2.16. The first-order valence-electron chi connectivity index (χ1n) is 9.51. The predicted octanol–water partition coefficient (Wildman–Crippen LogP) is 3.78. The van der Waals surface area contributed by atoms with Crippen molar-refractivity contribution in [1.82, 2.24) is 4.57 Å². The Bertz CT molecular complexity index is 1230. The molecular formula is C24H22N4O2. The number of rotatable bonds is 5. The number of aliphatic imine (C=N–C) groups is 1. The fourth-order valence-corrected chi connectivity index (χ4v) is 3.65. The van der Waals surface area contributed by atoms with Gasteiger partial charge >= 0.3 is 0 Å². The van der Waals surface area contributed by atoms with Crippen LogP contribution < -0.4 is 16.2 Å². The Labute approximate surface area is 174 Å². The monoisotopic (exact) mass is 398 g/mol. The summed E-state index contributed by atoms with van der Waals surface area (Å²) in [4.78, 5) is 16.2. The number of carbonyl (C=O) groups excluding carboxylic acids is 1. The molecule has 3 aromatic carbocycles. The third kappa shape index (κ3) is 3.75. The van der Waals surface area contributed by atoms with Crippen LogP contribution in [0.5, 0.6) is 5.75 Å². The molecule has 1 heterocycles. The molecule has 0 radical (unpaired) electrons. The van der Waals surface area contributed by atoms with E-state index in [0.717, 1.165) is 39.0 Å². The molecule has 6 heteroatoms. The molecule has 4 N–H and O–H groups in total. The highest BCUT2D eigenvalue weighted by Crippen LogP contribution is 2.34. The number of hydrogen-bond donors (Lipinski definition) is 2. The van der Waals surface area contributed by atoms with Gasteiger partial charge < -0.3 is 20.8 Å². The molecule has 0 aliphatic heterocycles. The Hall–Kier alpha value is -4.06. The van der Waals surface area contributed by atoms with Gasteiger partial charge in [-0.1, -0.05) is 42.5 Å². The normalized spacial score (nSPS) is 10.7. The van der Waals surface area contributed by atoms with Gasteiger partial charge in [0.25, 0.3) is 5.91 Å². The number of hydrogen-bond acceptors (Lipinski definition) is 2. The van der Waals surface area contributed by atoms with Gasteiger partial charge in [-0.25, -0.2) is 0 Å². The van der Waals surface area contributed by atoms with Crippen molar-refractivity contribution in [1.29, 1.82) is 0 Å². The molecule has 30 heavy (non-hydrogen) atoms. The van der Waals surface area contributed by atoms with E-state index in [2.05, 4.69) is 29.3 Å². The second kappa shape index (κ2) is 8.13. The Kier molecular flexibility index (Phi) is 5.22. The maximum absolute atomic E-state index is 12.5. The highest BCUT2D eigenvalue weighted by atomic mass is 16.5. The molecular weight excluding hydrogens is 376 g/mol. The molecule has 0 aliphatic carbocycles. The van der Waals surface area contributed by atoms with E-state index in [4.69, 9.17) is 16.2 Å². The first-order valence-corrected chi connectivity index (χ1v) is 9.51. The van der Waals surface area contributed by atoms with Crippen molar-refractivity contribution in [3.63, 3.8) is 0 Å². The minimum Gasteiger partial charge on any atom is -0.497 e. The zero-order valence-electron chi connectivity index (χ0n) is 16.6. The van der Waals surface area contributed by atoms with Crippen LogP contribution in [0.1, 0.15) is 0 Å². The molecule has 0 aliphatic rings. The number of fused-ring (bicyclic) bond motifs is 1. The molecule has 1 aromatic heterocycles. The first-order chi connectivity index (χ1) is 14.6. The number of aromatic nitrogens is 1. The van der Waals surface area contributed by atoms with Crippen LogP contribution in [-0.4, -0.2) is 23.5 Å². The molecule has 0 unspecified atom stereocenters. The van der Waals surface area contributed by atoms with E-state index >= 15 is 0 Å². The summed E-state index contributed by atoms with van der Waals surface area (Å²) in [5, 5.41) is 2.24. The Morgan fingerprint density at radius 2 is 1.60 bits per heavy atom. The van der Waals surface area contributed by atoms with Crippen LogP contribution in [0.25, 0.3) is 33.3 Å². The number of carbonyl (C=O) groups is 1. The fourth-order valence-electron chi connectivity index (χ4n) is 3.65. The maximum Gasteiger partial charge on any atom is 0.268 e. The molecule has 4 rings (SSSR count). The topological polar surface area (TPSA) is 95.6 Å². The summed E-state index contributed by atoms with van der Waals surface area (Å²) in [6.45, 7) is 0.0187. The third-order valence-corrected chi connectivity index (χ3v) is 4.98. The zero-order valence-corrected chi connectivity index (χ0v) is 16.6. The van der Waals surface area contributed by atoms with Gasteiger partial charge in [-0.3, -0.25) is 4.79 Å². The molecule has 0 fully saturated rings. The quantitative estimate of drug-likeness (QED) is 0.395. The molecule has 0 bridgehead atoms. The van der Waals surface area contributed by atoms with Gasteiger partial charge in [-0.2, -0.15) is 4.99 Å². The third-order valence-electron chi connectivity index (χ3n) is 4.98. The average molecular weight is 398 g/mol. The van der Waals surface area contributed by atoms with E-state index in [1.54, 1.807) is 7.11 Å². The summed E-state index contributed by atoms with van der Waals surface area (Å²) in [7, 11) is 1.63. The van der Waals surface area contributed by atoms with Gasteiger partial charge in [0, 0.05) is 17.0 Å². The number of benzene rings is 3. The summed E-state index contributed by atoms with van der Waals surface area (Å²) in [5.74, 6) is 0.107. The van der Waals surface area contributed by atoms with E-state index < -0.39 is 5.91 Å². The highest BCUT2D eigenvalue weighted by molar-refractivity contribution is 5.97. The van der Waals surface area contributed by atoms with Crippen LogP contribution in [-0.2, 0) is 11.3 Å². The number of nitrogens with zero attached hydrogens (tertiary/aromatic N) is 2. The summed E-state index contributed by atoms with van der Waals surface area (Å²) in [6, 6.07) is 26.0. The molecule has 150 valence electrons. The van der Waals surface area contributed by atoms with E-state index in [1.165, 1.54) is 0 Å². The van der Waals surface area contributed by atoms with Crippen LogP contribution in [0.2, 0.25) is 0 Å². The molecule has 6 nitrogen and oxygen atoms in total. The molecule has 4 aromatic rings. The van der Waals surface area contributed by atoms with Crippen molar-refractivity contribution in [2.24, 2.45) is 16.5 Å². The summed E-state index contributed by atoms with van der Waals surface area (Å²) >= 11 is 0. The number of amides is 1. The van der Waals surface area contributed by atoms with E-state index in [1.807, 2.05) is 59.2 Å². The molecule has 0 spiro atoms. The summed E-state index contributed by atoms with van der Waals surface area (Å²) in [6.07, 6.45) is 0. The lowest BCUT2D eigenvalue weighted by atomic mass is 10.0. The van der Waals surface area contributed by atoms with Crippen LogP contribution in [0.3, 0.4) is 0 Å². The largest absolute Gasteiger partial charge is 0.497 e. The molecule has 0 atom stereocenters. The van der Waals surface area contributed by atoms with Gasteiger partial charge in [0.1, 0.15) is 12.3 Å². The van der Waals surface area contributed by atoms with Crippen LogP contribution in [0.15, 0.2) is 83.9 Å². The smallest absolute Gasteiger partial charge is 0.268 e. The lowest BCUT2D eigenvalue weighted by Crippen LogP contribution is -2.25. The predicted molar refractivity (Wildman–Crippen MR) is 120 cm³/mol. The van der Waals surface area contributed by atoms with Gasteiger partial charge in [-0.15, -0.1) is 0 Å². The summed E-state index contributed by atoms with van der Waals surface area (Å²) in [5.41, 5.74) is 14.6. The van der Waals surface area contributed by atoms with Gasteiger partial charge in [-0.05, 0) is 52.7 Å². The second-order valence-electron chi connectivity index (χ2n) is 6.88. The van der Waals surface area contributed by atoms with E-state index in [9.17, 15) is 4.79 Å². The van der Waals surface area contributed by atoms with Crippen molar-refractivity contribution >= 4 is 22.6 Å². The average Bonchev–Trinajstić information content (AvgIpc) is 3.15. The fraction of sp³-hybridized carbons (Fsp3) is 0.0833. The summed E-state index contributed by atoms with van der Waals surface area (Å²) < 4.78 is 7.20. The molecule has 0 saturated carbocycles. The van der Waals surface area contributed by atoms with E-state index in [0.29, 0.717) is 0 Å². The Balaban J connectivity index is 1.89. The van der Waals surface area contributed by atoms with Crippen molar-refractivity contribution in [3.8, 4) is 28.3 Å². The minimum absolute atomic E-state index is 0.0187. The lowest BCUT2D eigenvalue weighted by molar-refractivity contribution is -0.118. The van der Waals surface area contributed by atoms with Crippen LogP contribution in [0.4, 0.5) is 0 Å². The number of nitrogens with two attached hydrogens (primary N) is 2. The Morgan fingerprint density at radius 1 is 0.900 bits per heavy atom. The van der Waals surface area contributed by atoms with Crippen LogP contribution >= 0.6 is 0 Å². The Morgan fingerprint density at radius 3 is 2.33 bits per heavy atom. The van der Waals surface area contributed by atoms with Crippen molar-refractivity contribution < 1.29 is 9.53 Å². The molecule has 0 saturated heterocycles. The molecule has 1 amide bonds. The zero-order chi connectivity index (χ0) is 21.1. The number of ether oxygens (including phenoxy) is 1. The van der Waals surface area contributed by atoms with Gasteiger partial charge in [0.2, 0.25) is 0 Å². The van der Waals surface area contributed by atoms with Crippen LogP contribution in [0, 0.1) is 0 Å². The van der Waals surface area contributed by atoms with E-state index in [-0.39, 0.29) is 12.5 Å². The number of guanidine groups is 1. The first kappa shape index (κ1) is 19.3. The van der Waals surface area contributed by atoms with Crippen molar-refractivity contribution in [2.45, 2.75) is 6.54 Å². The second-order valence-corrected chi connectivity index (χ2v) is 6.88. The van der Waals surface area contributed by atoms with Gasteiger partial charge in [0.15, 0.2) is 5.96 Å². The minimum atomic E-state index is -0.414. The maximum atomic E-state index is 12.5. The van der Waals surface area contributed by atoms with Crippen molar-refractivity contribution in [2.75, 3.05) is 7.11 Å². The lowest BCUT2D eigenvalue weighted by Gasteiger charge is -2.14. The standard InChI is InChI=1S/C24H22N4O2/c1-30-18-11-9-17(10-12-18)21-13-14-22(28(21)15-23(29)27-24(25)26)20-8-4-6-16-5-2-3-7-19(16)20/h2-14H,15H2,1H3,(H4,25,26,27,29). The SMILES string of the molecule is COc1ccc(-c2ccc(-c3cccc4ccccc34)n2CC(=O)N=C(N)N)cc1. The van der Waals surface area contributed by atoms with Gasteiger partial charge in [0.05, 0.1) is 7.11 Å². The van der Waals surface area contributed by atoms with Crippen molar-refractivity contribution in [3.05, 3.63) is 78.9 Å². The number of methoxy groups -OCH3 is 1.